The second-order valence-electron chi connectivity index (χ2n) is 8.52. The van der Waals surface area contributed by atoms with E-state index in [4.69, 9.17) is 25.8 Å². The van der Waals surface area contributed by atoms with Crippen LogP contribution in [0, 0.1) is 6.92 Å². The Kier molecular flexibility index (Phi) is 6.31. The third-order valence-corrected chi connectivity index (χ3v) is 6.36. The van der Waals surface area contributed by atoms with Gasteiger partial charge in [-0.25, -0.2) is 0 Å². The summed E-state index contributed by atoms with van der Waals surface area (Å²) in [5, 5.41) is 0.737. The maximum atomic E-state index is 13.2. The van der Waals surface area contributed by atoms with Crippen LogP contribution in [0.25, 0.3) is 6.08 Å². The Bertz CT molecular complexity index is 1250. The molecule has 3 aromatic carbocycles. The number of hydrogen-bond acceptors (Lipinski definition) is 5. The zero-order chi connectivity index (χ0) is 23.7. The quantitative estimate of drug-likeness (QED) is 0.406. The Balaban J connectivity index is 1.36. The van der Waals surface area contributed by atoms with E-state index in [1.807, 2.05) is 68.4 Å². The number of rotatable bonds is 6. The minimum atomic E-state index is -0.0949. The van der Waals surface area contributed by atoms with Crippen molar-refractivity contribution in [3.63, 3.8) is 0 Å². The topological polar surface area (TPSA) is 48.0 Å². The molecule has 2 heterocycles. The average molecular weight is 476 g/mol. The SMILES string of the molecule is CCOc1ccc(/C=C2/Oc3c4c(cc(C)c3C2=O)OCN(CCc2ccc(Cl)cc2)C4)cc1. The highest BCUT2D eigenvalue weighted by atomic mass is 35.5. The molecule has 0 amide bonds. The molecule has 2 aliphatic rings. The standard InChI is InChI=1S/C28H26ClNO4/c1-3-32-22-10-6-20(7-11-22)15-25-27(31)26-18(2)14-24-23(28(26)34-25)16-30(17-33-24)13-12-19-4-8-21(29)9-5-19/h4-11,14-15H,3,12-13,16-17H2,1-2H3/b25-15+. The number of Topliss-reactive ketones (excluding diaryl/α,β-unsaturated/α-hetero) is 1. The predicted octanol–water partition coefficient (Wildman–Crippen LogP) is 6.06. The van der Waals surface area contributed by atoms with Crippen molar-refractivity contribution in [1.82, 2.24) is 4.90 Å². The first-order valence-electron chi connectivity index (χ1n) is 11.4. The third-order valence-electron chi connectivity index (χ3n) is 6.11. The fraction of sp³-hybridized carbons (Fsp3) is 0.250. The summed E-state index contributed by atoms with van der Waals surface area (Å²) in [6.45, 7) is 6.48. The average Bonchev–Trinajstić information content (AvgIpc) is 3.17. The Morgan fingerprint density at radius 3 is 2.62 bits per heavy atom. The van der Waals surface area contributed by atoms with Crippen molar-refractivity contribution in [3.8, 4) is 17.2 Å². The number of ketones is 1. The van der Waals surface area contributed by atoms with Crippen LogP contribution in [0.2, 0.25) is 5.02 Å². The van der Waals surface area contributed by atoms with Crippen LogP contribution in [0.4, 0.5) is 0 Å². The smallest absolute Gasteiger partial charge is 0.232 e. The Hall–Kier alpha value is -3.28. The van der Waals surface area contributed by atoms with Crippen LogP contribution in [0.1, 0.15) is 39.5 Å². The van der Waals surface area contributed by atoms with E-state index in [0.29, 0.717) is 37.0 Å². The van der Waals surface area contributed by atoms with Gasteiger partial charge >= 0.3 is 0 Å². The van der Waals surface area contributed by atoms with E-state index in [1.165, 1.54) is 5.56 Å². The van der Waals surface area contributed by atoms with Gasteiger partial charge in [-0.1, -0.05) is 35.9 Å². The van der Waals surface area contributed by atoms with Gasteiger partial charge in [0.15, 0.2) is 5.76 Å². The zero-order valence-corrected chi connectivity index (χ0v) is 20.0. The van der Waals surface area contributed by atoms with Crippen molar-refractivity contribution < 1.29 is 19.0 Å². The highest BCUT2D eigenvalue weighted by molar-refractivity contribution is 6.30. The van der Waals surface area contributed by atoms with E-state index >= 15 is 0 Å². The molecule has 0 bridgehead atoms. The lowest BCUT2D eigenvalue weighted by Crippen LogP contribution is -2.33. The van der Waals surface area contributed by atoms with E-state index in [1.54, 1.807) is 6.08 Å². The molecular formula is C28H26ClNO4. The third kappa shape index (κ3) is 4.54. The fourth-order valence-corrected chi connectivity index (χ4v) is 4.46. The molecule has 3 aromatic rings. The number of fused-ring (bicyclic) bond motifs is 3. The van der Waals surface area contributed by atoms with Crippen LogP contribution in [0.15, 0.2) is 60.4 Å². The number of nitrogens with zero attached hydrogens (tertiary/aromatic N) is 1. The molecular weight excluding hydrogens is 450 g/mol. The van der Waals surface area contributed by atoms with E-state index < -0.39 is 0 Å². The number of carbonyl (C=O) groups is 1. The molecule has 0 saturated heterocycles. The second-order valence-corrected chi connectivity index (χ2v) is 8.95. The molecule has 0 aliphatic carbocycles. The zero-order valence-electron chi connectivity index (χ0n) is 19.3. The molecule has 0 atom stereocenters. The molecule has 0 radical (unpaired) electrons. The maximum absolute atomic E-state index is 13.2. The van der Waals surface area contributed by atoms with Crippen molar-refractivity contribution >= 4 is 23.5 Å². The lowest BCUT2D eigenvalue weighted by Gasteiger charge is -2.30. The van der Waals surface area contributed by atoms with Gasteiger partial charge in [-0.2, -0.15) is 0 Å². The van der Waals surface area contributed by atoms with Gasteiger partial charge in [0, 0.05) is 18.1 Å². The summed E-state index contributed by atoms with van der Waals surface area (Å²) in [7, 11) is 0. The maximum Gasteiger partial charge on any atom is 0.232 e. The highest BCUT2D eigenvalue weighted by Gasteiger charge is 2.35. The first-order chi connectivity index (χ1) is 16.5. The van der Waals surface area contributed by atoms with E-state index in [2.05, 4.69) is 4.90 Å². The van der Waals surface area contributed by atoms with Crippen LogP contribution in [-0.4, -0.2) is 30.6 Å². The summed E-state index contributed by atoms with van der Waals surface area (Å²) in [4.78, 5) is 15.4. The Labute approximate surface area is 204 Å². The number of aryl methyl sites for hydroxylation is 1. The summed E-state index contributed by atoms with van der Waals surface area (Å²) in [5.74, 6) is 2.44. The van der Waals surface area contributed by atoms with Crippen molar-refractivity contribution in [2.75, 3.05) is 19.9 Å². The lowest BCUT2D eigenvalue weighted by molar-refractivity contribution is 0.0949. The van der Waals surface area contributed by atoms with Crippen LogP contribution in [-0.2, 0) is 13.0 Å². The summed E-state index contributed by atoms with van der Waals surface area (Å²) < 4.78 is 17.7. The molecule has 2 aliphatic heterocycles. The minimum absolute atomic E-state index is 0.0949. The number of hydrogen-bond donors (Lipinski definition) is 0. The molecule has 0 saturated carbocycles. The number of allylic oxidation sites excluding steroid dienone is 1. The first kappa shape index (κ1) is 22.5. The minimum Gasteiger partial charge on any atom is -0.494 e. The van der Waals surface area contributed by atoms with Crippen molar-refractivity contribution in [2.24, 2.45) is 0 Å². The number of ether oxygens (including phenoxy) is 3. The van der Waals surface area contributed by atoms with Crippen LogP contribution in [0.3, 0.4) is 0 Å². The molecule has 174 valence electrons. The molecule has 0 N–H and O–H groups in total. The normalized spacial score (nSPS) is 16.1. The first-order valence-corrected chi connectivity index (χ1v) is 11.8. The molecule has 0 spiro atoms. The van der Waals surface area contributed by atoms with Gasteiger partial charge in [0.2, 0.25) is 5.78 Å². The summed E-state index contributed by atoms with van der Waals surface area (Å²) in [6, 6.07) is 17.5. The molecule has 0 aromatic heterocycles. The second kappa shape index (κ2) is 9.53. The molecule has 34 heavy (non-hydrogen) atoms. The van der Waals surface area contributed by atoms with Crippen molar-refractivity contribution in [2.45, 2.75) is 26.8 Å². The van der Waals surface area contributed by atoms with E-state index in [-0.39, 0.29) is 5.78 Å². The predicted molar refractivity (Wildman–Crippen MR) is 133 cm³/mol. The summed E-state index contributed by atoms with van der Waals surface area (Å²) in [6.07, 6.45) is 2.67. The van der Waals surface area contributed by atoms with Crippen LogP contribution in [0.5, 0.6) is 17.2 Å². The molecule has 0 unspecified atom stereocenters. The monoisotopic (exact) mass is 475 g/mol. The van der Waals surface area contributed by atoms with E-state index in [0.717, 1.165) is 46.2 Å². The summed E-state index contributed by atoms with van der Waals surface area (Å²) >= 11 is 6.00. The lowest BCUT2D eigenvalue weighted by atomic mass is 9.98. The Morgan fingerprint density at radius 2 is 1.88 bits per heavy atom. The Morgan fingerprint density at radius 1 is 1.12 bits per heavy atom. The fourth-order valence-electron chi connectivity index (χ4n) is 4.34. The van der Waals surface area contributed by atoms with Gasteiger partial charge in [0.1, 0.15) is 24.0 Å². The van der Waals surface area contributed by atoms with Gasteiger partial charge in [0.05, 0.1) is 17.7 Å². The highest BCUT2D eigenvalue weighted by Crippen LogP contribution is 2.44. The molecule has 0 fully saturated rings. The van der Waals surface area contributed by atoms with Crippen LogP contribution < -0.4 is 14.2 Å². The largest absolute Gasteiger partial charge is 0.494 e. The molecule has 5 nitrogen and oxygen atoms in total. The summed E-state index contributed by atoms with van der Waals surface area (Å²) in [5.41, 5.74) is 4.51. The molecule has 5 rings (SSSR count). The van der Waals surface area contributed by atoms with E-state index in [9.17, 15) is 4.79 Å². The number of carbonyl (C=O) groups excluding carboxylic acids is 1. The van der Waals surface area contributed by atoms with Crippen LogP contribution >= 0.6 is 11.6 Å². The van der Waals surface area contributed by atoms with Gasteiger partial charge in [-0.05, 0) is 73.4 Å². The van der Waals surface area contributed by atoms with Crippen molar-refractivity contribution in [3.05, 3.63) is 93.2 Å². The van der Waals surface area contributed by atoms with Gasteiger partial charge < -0.3 is 14.2 Å². The van der Waals surface area contributed by atoms with Gasteiger partial charge in [-0.15, -0.1) is 0 Å². The molecule has 6 heteroatoms. The van der Waals surface area contributed by atoms with Crippen molar-refractivity contribution in [1.29, 1.82) is 0 Å². The number of halogens is 1. The number of benzene rings is 3. The van der Waals surface area contributed by atoms with Gasteiger partial charge in [0.25, 0.3) is 0 Å². The van der Waals surface area contributed by atoms with Gasteiger partial charge in [-0.3, -0.25) is 9.69 Å².